The van der Waals surface area contributed by atoms with Gasteiger partial charge in [-0.15, -0.1) is 11.8 Å². The molecule has 0 bridgehead atoms. The lowest BCUT2D eigenvalue weighted by molar-refractivity contribution is -0.147. The van der Waals surface area contributed by atoms with Crippen molar-refractivity contribution in [3.8, 4) is 0 Å². The fraction of sp³-hybridized carbons (Fsp3) is 0.722. The van der Waals surface area contributed by atoms with Gasteiger partial charge in [-0.3, -0.25) is 4.57 Å². The molecule has 1 aromatic rings. The average Bonchev–Trinajstić information content (AvgIpc) is 3.04. The third-order valence-corrected chi connectivity index (χ3v) is 6.71. The van der Waals surface area contributed by atoms with Gasteiger partial charge in [-0.05, 0) is 36.5 Å². The van der Waals surface area contributed by atoms with Crippen molar-refractivity contribution < 1.29 is 14.6 Å². The zero-order valence-corrected chi connectivity index (χ0v) is 16.2. The molecule has 144 valence electrons. The predicted molar refractivity (Wildman–Crippen MR) is 101 cm³/mol. The summed E-state index contributed by atoms with van der Waals surface area (Å²) in [4.78, 5) is 27.5. The molecule has 1 aliphatic heterocycles. The van der Waals surface area contributed by atoms with Gasteiger partial charge in [-0.25, -0.2) is 9.59 Å². The molecule has 3 rings (SSSR count). The van der Waals surface area contributed by atoms with E-state index in [9.17, 15) is 9.59 Å². The van der Waals surface area contributed by atoms with Gasteiger partial charge < -0.3 is 15.6 Å². The Bertz CT molecular complexity index is 736. The zero-order chi connectivity index (χ0) is 19.0. The number of aliphatic carboxylic acids is 1. The summed E-state index contributed by atoms with van der Waals surface area (Å²) in [7, 11) is 0. The topological polar surface area (TPSA) is 107 Å². The third kappa shape index (κ3) is 3.76. The van der Waals surface area contributed by atoms with Gasteiger partial charge in [-0.1, -0.05) is 27.2 Å². The summed E-state index contributed by atoms with van der Waals surface area (Å²) in [6.45, 7) is 6.69. The molecule has 1 aliphatic carbocycles. The Morgan fingerprint density at radius 2 is 2.19 bits per heavy atom. The van der Waals surface area contributed by atoms with Gasteiger partial charge >= 0.3 is 11.7 Å². The molecule has 7 nitrogen and oxygen atoms in total. The van der Waals surface area contributed by atoms with Crippen molar-refractivity contribution in [2.24, 2.45) is 17.8 Å². The van der Waals surface area contributed by atoms with Crippen molar-refractivity contribution >= 4 is 23.5 Å². The van der Waals surface area contributed by atoms with Crippen LogP contribution in [0.4, 0.5) is 5.82 Å². The lowest BCUT2D eigenvalue weighted by Crippen LogP contribution is -2.33. The highest BCUT2D eigenvalue weighted by Crippen LogP contribution is 2.45. The van der Waals surface area contributed by atoms with E-state index in [4.69, 9.17) is 15.6 Å². The number of nitrogens with two attached hydrogens (primary N) is 1. The van der Waals surface area contributed by atoms with Crippen LogP contribution < -0.4 is 11.4 Å². The lowest BCUT2D eigenvalue weighted by Gasteiger charge is -2.38. The van der Waals surface area contributed by atoms with Crippen molar-refractivity contribution in [3.63, 3.8) is 0 Å². The number of hydrogen-bond donors (Lipinski definition) is 2. The van der Waals surface area contributed by atoms with Gasteiger partial charge in [0, 0.05) is 17.5 Å². The quantitative estimate of drug-likeness (QED) is 0.825. The van der Waals surface area contributed by atoms with Crippen molar-refractivity contribution in [2.75, 3.05) is 11.5 Å². The van der Waals surface area contributed by atoms with Crippen LogP contribution in [-0.2, 0) is 9.53 Å². The zero-order valence-electron chi connectivity index (χ0n) is 15.4. The number of carboxylic acid groups (broad SMARTS) is 1. The van der Waals surface area contributed by atoms with Crippen LogP contribution in [0.2, 0.25) is 0 Å². The Labute approximate surface area is 157 Å². The van der Waals surface area contributed by atoms with E-state index in [0.29, 0.717) is 23.5 Å². The van der Waals surface area contributed by atoms with E-state index in [-0.39, 0.29) is 11.7 Å². The van der Waals surface area contributed by atoms with E-state index < -0.39 is 23.3 Å². The molecule has 2 heterocycles. The monoisotopic (exact) mass is 381 g/mol. The van der Waals surface area contributed by atoms with E-state index in [2.05, 4.69) is 25.8 Å². The predicted octanol–water partition coefficient (Wildman–Crippen LogP) is 2.67. The van der Waals surface area contributed by atoms with Crippen LogP contribution in [0.3, 0.4) is 0 Å². The summed E-state index contributed by atoms with van der Waals surface area (Å²) in [5.74, 6) is 1.52. The van der Waals surface area contributed by atoms with Crippen LogP contribution in [0, 0.1) is 17.8 Å². The Morgan fingerprint density at radius 1 is 1.46 bits per heavy atom. The highest BCUT2D eigenvalue weighted by Gasteiger charge is 2.36. The minimum Gasteiger partial charge on any atom is -0.479 e. The summed E-state index contributed by atoms with van der Waals surface area (Å²) >= 11 is 1.17. The molecular formula is C18H27N3O4S. The fourth-order valence-corrected chi connectivity index (χ4v) is 5.14. The summed E-state index contributed by atoms with van der Waals surface area (Å²) in [6.07, 6.45) is 4.50. The number of ether oxygens (including phenoxy) is 1. The van der Waals surface area contributed by atoms with Gasteiger partial charge in [-0.2, -0.15) is 4.98 Å². The van der Waals surface area contributed by atoms with Crippen molar-refractivity contribution in [2.45, 2.75) is 57.6 Å². The second-order valence-corrected chi connectivity index (χ2v) is 8.89. The Morgan fingerprint density at radius 3 is 2.81 bits per heavy atom. The van der Waals surface area contributed by atoms with Gasteiger partial charge in [0.2, 0.25) is 5.44 Å². The normalized spacial score (nSPS) is 32.1. The number of carbonyl (C=O) groups is 1. The van der Waals surface area contributed by atoms with Crippen LogP contribution >= 0.6 is 11.8 Å². The van der Waals surface area contributed by atoms with Gasteiger partial charge in [0.05, 0.1) is 0 Å². The second-order valence-electron chi connectivity index (χ2n) is 7.80. The molecule has 0 amide bonds. The lowest BCUT2D eigenvalue weighted by atomic mass is 9.68. The maximum Gasteiger partial charge on any atom is 0.351 e. The third-order valence-electron chi connectivity index (χ3n) is 5.62. The van der Waals surface area contributed by atoms with Gasteiger partial charge in [0.1, 0.15) is 12.0 Å². The summed E-state index contributed by atoms with van der Waals surface area (Å²) in [6, 6.07) is 0. The van der Waals surface area contributed by atoms with E-state index in [1.807, 2.05) is 0 Å². The molecule has 5 atom stereocenters. The number of aromatic nitrogens is 2. The number of thioether (sulfide) groups is 1. The molecule has 2 aliphatic rings. The van der Waals surface area contributed by atoms with Crippen molar-refractivity contribution in [1.29, 1.82) is 0 Å². The Hall–Kier alpha value is -1.54. The minimum absolute atomic E-state index is 0.252. The fourth-order valence-electron chi connectivity index (χ4n) is 4.21. The van der Waals surface area contributed by atoms with Gasteiger partial charge in [0.15, 0.2) is 0 Å². The van der Waals surface area contributed by atoms with Crippen LogP contribution in [0.15, 0.2) is 11.0 Å². The molecule has 1 aromatic heterocycles. The van der Waals surface area contributed by atoms with E-state index in [1.165, 1.54) is 22.7 Å². The molecule has 0 spiro atoms. The first-order valence-electron chi connectivity index (χ1n) is 9.16. The Balaban J connectivity index is 1.95. The minimum atomic E-state index is -1.03. The van der Waals surface area contributed by atoms with Crippen LogP contribution in [0.5, 0.6) is 0 Å². The van der Waals surface area contributed by atoms with E-state index in [0.717, 1.165) is 18.4 Å². The van der Waals surface area contributed by atoms with Crippen LogP contribution in [0.1, 0.15) is 57.7 Å². The van der Waals surface area contributed by atoms with Crippen molar-refractivity contribution in [1.82, 2.24) is 9.55 Å². The first-order chi connectivity index (χ1) is 12.3. The molecule has 3 N–H and O–H groups in total. The SMILES string of the molecule is CC(C)C1CC[C@@H](C)CC1c1cn([C@@H]2CS[C@@H](C(=O)O)O2)c(=O)nc1N. The largest absolute Gasteiger partial charge is 0.479 e. The molecule has 2 fully saturated rings. The molecular weight excluding hydrogens is 354 g/mol. The summed E-state index contributed by atoms with van der Waals surface area (Å²) in [5.41, 5.74) is 5.58. The van der Waals surface area contributed by atoms with Crippen LogP contribution in [-0.4, -0.2) is 31.8 Å². The van der Waals surface area contributed by atoms with Crippen LogP contribution in [0.25, 0.3) is 0 Å². The molecule has 0 aromatic carbocycles. The maximum absolute atomic E-state index is 12.4. The number of nitrogen functional groups attached to an aromatic ring is 1. The number of nitrogens with zero attached hydrogens (tertiary/aromatic N) is 2. The first-order valence-corrected chi connectivity index (χ1v) is 10.2. The standard InChI is InChI=1S/C18H27N3O4S/c1-9(2)11-5-4-10(3)6-12(11)13-7-21(18(24)20-15(13)19)14-8-26-17(25-14)16(22)23/h7,9-12,14,17H,4-6,8H2,1-3H3,(H,22,23)(H2,19,20,24)/t10-,11?,12?,14+,17+/m1/s1. The van der Waals surface area contributed by atoms with E-state index >= 15 is 0 Å². The number of rotatable bonds is 4. The molecule has 0 radical (unpaired) electrons. The van der Waals surface area contributed by atoms with E-state index in [1.54, 1.807) is 6.20 Å². The number of anilines is 1. The molecule has 26 heavy (non-hydrogen) atoms. The van der Waals surface area contributed by atoms with Gasteiger partial charge in [0.25, 0.3) is 0 Å². The summed E-state index contributed by atoms with van der Waals surface area (Å²) in [5, 5.41) is 9.11. The number of hydrogen-bond acceptors (Lipinski definition) is 6. The molecule has 8 heteroatoms. The maximum atomic E-state index is 12.4. The first kappa shape index (κ1) is 19.2. The van der Waals surface area contributed by atoms with Crippen molar-refractivity contribution in [3.05, 3.63) is 22.2 Å². The smallest absolute Gasteiger partial charge is 0.351 e. The number of carboxylic acids is 1. The highest BCUT2D eigenvalue weighted by atomic mass is 32.2. The molecule has 1 saturated carbocycles. The second kappa shape index (κ2) is 7.60. The molecule has 2 unspecified atom stereocenters. The average molecular weight is 381 g/mol. The summed E-state index contributed by atoms with van der Waals surface area (Å²) < 4.78 is 6.93. The molecule has 1 saturated heterocycles. The Kier molecular flexibility index (Phi) is 5.62. The highest BCUT2D eigenvalue weighted by molar-refractivity contribution is 8.00.